The minimum atomic E-state index is -0.727. The van der Waals surface area contributed by atoms with Crippen LogP contribution in [-0.2, 0) is 9.59 Å². The molecule has 1 aromatic rings. The Balaban J connectivity index is 2.20. The molecular weight excluding hydrogens is 254 g/mol. The highest BCUT2D eigenvalue weighted by Crippen LogP contribution is 2.24. The molecule has 2 amide bonds. The molecule has 1 atom stereocenters. The zero-order valence-electron chi connectivity index (χ0n) is 11.4. The van der Waals surface area contributed by atoms with Gasteiger partial charge >= 0.3 is 0 Å². The molecule has 0 saturated heterocycles. The number of carbonyl (C=O) groups excluding carboxylic acids is 2. The normalized spacial score (nSPS) is 18.2. The fourth-order valence-corrected chi connectivity index (χ4v) is 2.13. The van der Waals surface area contributed by atoms with Crippen molar-refractivity contribution in [3.8, 4) is 6.07 Å². The van der Waals surface area contributed by atoms with E-state index in [0.29, 0.717) is 17.0 Å². The number of anilines is 1. The van der Waals surface area contributed by atoms with E-state index in [0.717, 1.165) is 5.56 Å². The third kappa shape index (κ3) is 2.86. The molecule has 0 radical (unpaired) electrons. The van der Waals surface area contributed by atoms with Gasteiger partial charge in [-0.05, 0) is 26.0 Å². The molecule has 2 N–H and O–H groups in total. The van der Waals surface area contributed by atoms with Gasteiger partial charge in [-0.3, -0.25) is 9.59 Å². The maximum atomic E-state index is 12.2. The number of nitriles is 1. The van der Waals surface area contributed by atoms with Crippen molar-refractivity contribution in [1.82, 2.24) is 5.32 Å². The first-order chi connectivity index (χ1) is 9.51. The minimum Gasteiger partial charge on any atom is -0.329 e. The number of rotatable bonds is 2. The number of nitrogens with zero attached hydrogens (tertiary/aromatic N) is 1. The number of nitrogens with one attached hydrogen (secondary N) is 2. The highest BCUT2D eigenvalue weighted by atomic mass is 16.2. The summed E-state index contributed by atoms with van der Waals surface area (Å²) in [7, 11) is 0. The molecule has 1 aliphatic heterocycles. The van der Waals surface area contributed by atoms with Gasteiger partial charge in [-0.15, -0.1) is 0 Å². The van der Waals surface area contributed by atoms with Crippen LogP contribution < -0.4 is 10.6 Å². The summed E-state index contributed by atoms with van der Waals surface area (Å²) in [6.45, 7) is 3.58. The number of hydrogen-bond acceptors (Lipinski definition) is 3. The van der Waals surface area contributed by atoms with E-state index < -0.39 is 5.92 Å². The lowest BCUT2D eigenvalue weighted by Crippen LogP contribution is -2.37. The molecule has 5 heteroatoms. The van der Waals surface area contributed by atoms with Crippen LogP contribution in [0, 0.1) is 24.2 Å². The minimum absolute atomic E-state index is 0.00206. The van der Waals surface area contributed by atoms with Crippen molar-refractivity contribution < 1.29 is 9.59 Å². The topological polar surface area (TPSA) is 82.0 Å². The largest absolute Gasteiger partial charge is 0.329 e. The summed E-state index contributed by atoms with van der Waals surface area (Å²) in [5.41, 5.74) is 2.51. The van der Waals surface area contributed by atoms with E-state index >= 15 is 0 Å². The van der Waals surface area contributed by atoms with Crippen molar-refractivity contribution in [2.45, 2.75) is 20.3 Å². The second-order valence-corrected chi connectivity index (χ2v) is 4.81. The average Bonchev–Trinajstić information content (AvgIpc) is 2.40. The van der Waals surface area contributed by atoms with Crippen LogP contribution in [0.1, 0.15) is 18.9 Å². The Kier molecular flexibility index (Phi) is 3.85. The zero-order valence-corrected chi connectivity index (χ0v) is 11.4. The Morgan fingerprint density at radius 2 is 2.00 bits per heavy atom. The Morgan fingerprint density at radius 3 is 2.60 bits per heavy atom. The quantitative estimate of drug-likeness (QED) is 0.859. The molecule has 20 heavy (non-hydrogen) atoms. The van der Waals surface area contributed by atoms with E-state index in [9.17, 15) is 9.59 Å². The number of hydrogen-bond donors (Lipinski definition) is 2. The van der Waals surface area contributed by atoms with Crippen LogP contribution in [-0.4, -0.2) is 11.8 Å². The number of aryl methyl sites for hydroxylation is 1. The molecule has 0 saturated carbocycles. The van der Waals surface area contributed by atoms with Crippen molar-refractivity contribution in [2.24, 2.45) is 5.92 Å². The molecule has 1 aliphatic rings. The Hall–Kier alpha value is -2.61. The van der Waals surface area contributed by atoms with E-state index in [1.165, 1.54) is 0 Å². The van der Waals surface area contributed by atoms with Gasteiger partial charge < -0.3 is 10.6 Å². The van der Waals surface area contributed by atoms with Crippen LogP contribution in [0.5, 0.6) is 0 Å². The standard InChI is InChI=1S/C15H15N3O2/c1-9-3-5-11(6-4-9)18-15(20)12-7-14(19)17-10(2)13(12)8-16/h3-6,12H,7H2,1-2H3,(H,17,19)(H,18,20). The maximum Gasteiger partial charge on any atom is 0.233 e. The smallest absolute Gasteiger partial charge is 0.233 e. The molecule has 1 unspecified atom stereocenters. The molecule has 0 spiro atoms. The first kappa shape index (κ1) is 13.8. The van der Waals surface area contributed by atoms with E-state index in [1.807, 2.05) is 25.1 Å². The van der Waals surface area contributed by atoms with E-state index in [-0.39, 0.29) is 18.2 Å². The molecular formula is C15H15N3O2. The van der Waals surface area contributed by atoms with Crippen LogP contribution >= 0.6 is 0 Å². The summed E-state index contributed by atoms with van der Waals surface area (Å²) in [5.74, 6) is -1.31. The lowest BCUT2D eigenvalue weighted by atomic mass is 9.90. The predicted molar refractivity (Wildman–Crippen MR) is 74.4 cm³/mol. The van der Waals surface area contributed by atoms with Gasteiger partial charge in [0, 0.05) is 17.8 Å². The van der Waals surface area contributed by atoms with Crippen LogP contribution in [0.3, 0.4) is 0 Å². The fraction of sp³-hybridized carbons (Fsp3) is 0.267. The third-order valence-electron chi connectivity index (χ3n) is 3.22. The van der Waals surface area contributed by atoms with Gasteiger partial charge in [-0.25, -0.2) is 0 Å². The second-order valence-electron chi connectivity index (χ2n) is 4.81. The molecule has 0 aromatic heterocycles. The van der Waals surface area contributed by atoms with E-state index in [2.05, 4.69) is 10.6 Å². The zero-order chi connectivity index (χ0) is 14.7. The lowest BCUT2D eigenvalue weighted by Gasteiger charge is -2.22. The second kappa shape index (κ2) is 5.57. The first-order valence-corrected chi connectivity index (χ1v) is 6.29. The Morgan fingerprint density at radius 1 is 1.35 bits per heavy atom. The molecule has 0 bridgehead atoms. The van der Waals surface area contributed by atoms with E-state index in [4.69, 9.17) is 5.26 Å². The average molecular weight is 269 g/mol. The van der Waals surface area contributed by atoms with Gasteiger partial charge in [0.2, 0.25) is 11.8 Å². The monoisotopic (exact) mass is 269 g/mol. The lowest BCUT2D eigenvalue weighted by molar-refractivity contribution is -0.126. The molecule has 0 fully saturated rings. The number of allylic oxidation sites excluding steroid dienone is 1. The summed E-state index contributed by atoms with van der Waals surface area (Å²) in [5, 5.41) is 14.4. The summed E-state index contributed by atoms with van der Waals surface area (Å²) in [6.07, 6.45) is -0.00206. The van der Waals surface area contributed by atoms with Crippen molar-refractivity contribution in [3.63, 3.8) is 0 Å². The van der Waals surface area contributed by atoms with Gasteiger partial charge in [0.25, 0.3) is 0 Å². The number of carbonyl (C=O) groups is 2. The Labute approximate surface area is 117 Å². The van der Waals surface area contributed by atoms with Crippen LogP contribution in [0.4, 0.5) is 5.69 Å². The van der Waals surface area contributed by atoms with Crippen LogP contribution in [0.15, 0.2) is 35.5 Å². The van der Waals surface area contributed by atoms with Crippen molar-refractivity contribution >= 4 is 17.5 Å². The van der Waals surface area contributed by atoms with Gasteiger partial charge in [-0.1, -0.05) is 17.7 Å². The molecule has 1 aromatic carbocycles. The highest BCUT2D eigenvalue weighted by molar-refractivity contribution is 5.99. The number of benzene rings is 1. The Bertz CT molecular complexity index is 624. The van der Waals surface area contributed by atoms with Crippen LogP contribution in [0.2, 0.25) is 0 Å². The van der Waals surface area contributed by atoms with Crippen molar-refractivity contribution in [2.75, 3.05) is 5.32 Å². The SMILES string of the molecule is CC1=C(C#N)C(C(=O)Nc2ccc(C)cc2)CC(=O)N1. The summed E-state index contributed by atoms with van der Waals surface area (Å²) in [6, 6.07) is 9.35. The van der Waals surface area contributed by atoms with Gasteiger partial charge in [-0.2, -0.15) is 5.26 Å². The predicted octanol–water partition coefficient (Wildman–Crippen LogP) is 1.87. The van der Waals surface area contributed by atoms with Crippen molar-refractivity contribution in [3.05, 3.63) is 41.1 Å². The first-order valence-electron chi connectivity index (χ1n) is 6.29. The molecule has 1 heterocycles. The van der Waals surface area contributed by atoms with Crippen LogP contribution in [0.25, 0.3) is 0 Å². The van der Waals surface area contributed by atoms with E-state index in [1.54, 1.807) is 19.1 Å². The molecule has 5 nitrogen and oxygen atoms in total. The highest BCUT2D eigenvalue weighted by Gasteiger charge is 2.31. The molecule has 102 valence electrons. The summed E-state index contributed by atoms with van der Waals surface area (Å²) in [4.78, 5) is 23.7. The fourth-order valence-electron chi connectivity index (χ4n) is 2.13. The molecule has 0 aliphatic carbocycles. The van der Waals surface area contributed by atoms with Gasteiger partial charge in [0.05, 0.1) is 17.6 Å². The summed E-state index contributed by atoms with van der Waals surface area (Å²) >= 11 is 0. The van der Waals surface area contributed by atoms with Gasteiger partial charge in [0.15, 0.2) is 0 Å². The van der Waals surface area contributed by atoms with Gasteiger partial charge in [0.1, 0.15) is 0 Å². The maximum absolute atomic E-state index is 12.2. The summed E-state index contributed by atoms with van der Waals surface area (Å²) < 4.78 is 0. The number of amides is 2. The third-order valence-corrected chi connectivity index (χ3v) is 3.22. The molecule has 2 rings (SSSR count). The van der Waals surface area contributed by atoms with Crippen molar-refractivity contribution in [1.29, 1.82) is 5.26 Å².